The fraction of sp³-hybridized carbons (Fsp3) is 0.241. The average molecular weight is 494 g/mol. The zero-order valence-corrected chi connectivity index (χ0v) is 20.3. The van der Waals surface area contributed by atoms with Crippen molar-refractivity contribution in [2.75, 3.05) is 18.8 Å². The van der Waals surface area contributed by atoms with Crippen LogP contribution in [-0.2, 0) is 13.1 Å². The Balaban J connectivity index is 1.38. The standard InChI is InChI=1S/C29H27N5O3/c30-29-31-25-10-9-18(22-7-3-4-8-23(22)27(36)33-13-11-21(35)12-14-33)15-24(25)26(32-29)28(37)34-16-19-5-1-2-6-20(19)17-34/h1-10,15,21,35H,11-14,16-17H2,(H2,30,31,32). The maximum atomic E-state index is 13.6. The number of anilines is 1. The van der Waals surface area contributed by atoms with Crippen molar-refractivity contribution in [2.45, 2.75) is 32.0 Å². The van der Waals surface area contributed by atoms with Crippen LogP contribution in [0.5, 0.6) is 0 Å². The summed E-state index contributed by atoms with van der Waals surface area (Å²) in [6, 6.07) is 21.1. The highest BCUT2D eigenvalue weighted by Crippen LogP contribution is 2.31. The number of hydrogen-bond donors (Lipinski definition) is 2. The number of piperidine rings is 1. The lowest BCUT2D eigenvalue weighted by Gasteiger charge is -2.30. The van der Waals surface area contributed by atoms with Gasteiger partial charge < -0.3 is 20.6 Å². The number of aromatic nitrogens is 2. The van der Waals surface area contributed by atoms with Crippen LogP contribution in [0.4, 0.5) is 5.95 Å². The number of likely N-dealkylation sites (tertiary alicyclic amines) is 1. The Labute approximate surface area is 214 Å². The number of carbonyl (C=O) groups is 2. The van der Waals surface area contributed by atoms with Gasteiger partial charge in [0.25, 0.3) is 11.8 Å². The minimum atomic E-state index is -0.355. The lowest BCUT2D eigenvalue weighted by atomic mass is 9.96. The third kappa shape index (κ3) is 4.29. The van der Waals surface area contributed by atoms with Crippen molar-refractivity contribution in [2.24, 2.45) is 0 Å². The van der Waals surface area contributed by atoms with E-state index in [0.29, 0.717) is 55.5 Å². The second kappa shape index (κ2) is 9.29. The molecule has 8 heteroatoms. The first-order valence-corrected chi connectivity index (χ1v) is 12.5. The molecule has 186 valence electrons. The number of nitrogens with two attached hydrogens (primary N) is 1. The topological polar surface area (TPSA) is 113 Å². The summed E-state index contributed by atoms with van der Waals surface area (Å²) in [6.45, 7) is 2.08. The number of aliphatic hydroxyl groups is 1. The van der Waals surface area contributed by atoms with E-state index in [1.807, 2.05) is 66.7 Å². The molecule has 0 aliphatic carbocycles. The number of nitrogens with zero attached hydrogens (tertiary/aromatic N) is 4. The molecule has 37 heavy (non-hydrogen) atoms. The Kier molecular flexibility index (Phi) is 5.81. The Morgan fingerprint density at radius 2 is 1.51 bits per heavy atom. The van der Waals surface area contributed by atoms with Gasteiger partial charge >= 0.3 is 0 Å². The minimum absolute atomic E-state index is 0.0446. The molecule has 8 nitrogen and oxygen atoms in total. The fourth-order valence-electron chi connectivity index (χ4n) is 5.26. The molecule has 0 atom stereocenters. The van der Waals surface area contributed by atoms with Crippen LogP contribution in [-0.4, -0.2) is 55.9 Å². The molecule has 0 bridgehead atoms. The first-order valence-electron chi connectivity index (χ1n) is 12.5. The van der Waals surface area contributed by atoms with Gasteiger partial charge in [0, 0.05) is 37.1 Å². The van der Waals surface area contributed by atoms with Crippen molar-refractivity contribution in [1.29, 1.82) is 0 Å². The summed E-state index contributed by atoms with van der Waals surface area (Å²) in [4.78, 5) is 39.3. The molecule has 1 aromatic heterocycles. The molecule has 1 fully saturated rings. The first kappa shape index (κ1) is 23.1. The first-order chi connectivity index (χ1) is 18.0. The fourth-order valence-corrected chi connectivity index (χ4v) is 5.26. The molecule has 0 spiro atoms. The summed E-state index contributed by atoms with van der Waals surface area (Å²) in [5.41, 5.74) is 11.2. The average Bonchev–Trinajstić information content (AvgIpc) is 3.36. The molecule has 3 N–H and O–H groups in total. The third-order valence-electron chi connectivity index (χ3n) is 7.26. The quantitative estimate of drug-likeness (QED) is 0.451. The number of amides is 2. The van der Waals surface area contributed by atoms with Crippen molar-refractivity contribution in [3.8, 4) is 11.1 Å². The van der Waals surface area contributed by atoms with Crippen LogP contribution < -0.4 is 5.73 Å². The van der Waals surface area contributed by atoms with Gasteiger partial charge in [0.2, 0.25) is 5.95 Å². The van der Waals surface area contributed by atoms with E-state index in [2.05, 4.69) is 9.97 Å². The van der Waals surface area contributed by atoms with Crippen LogP contribution in [0.25, 0.3) is 22.0 Å². The number of nitrogen functional groups attached to an aromatic ring is 1. The van der Waals surface area contributed by atoms with Gasteiger partial charge in [-0.3, -0.25) is 9.59 Å². The number of benzene rings is 3. The smallest absolute Gasteiger partial charge is 0.273 e. The van der Waals surface area contributed by atoms with E-state index < -0.39 is 0 Å². The second-order valence-corrected chi connectivity index (χ2v) is 9.66. The zero-order chi connectivity index (χ0) is 25.5. The Morgan fingerprint density at radius 3 is 2.24 bits per heavy atom. The van der Waals surface area contributed by atoms with Crippen molar-refractivity contribution < 1.29 is 14.7 Å². The lowest BCUT2D eigenvalue weighted by Crippen LogP contribution is -2.40. The molecule has 0 unspecified atom stereocenters. The monoisotopic (exact) mass is 493 g/mol. The Hall–Kier alpha value is -4.30. The molecule has 0 radical (unpaired) electrons. The van der Waals surface area contributed by atoms with Crippen LogP contribution in [0.2, 0.25) is 0 Å². The zero-order valence-electron chi connectivity index (χ0n) is 20.3. The molecule has 2 aliphatic rings. The summed E-state index contributed by atoms with van der Waals surface area (Å²) in [5, 5.41) is 10.4. The van der Waals surface area contributed by atoms with E-state index in [1.165, 1.54) is 0 Å². The summed E-state index contributed by atoms with van der Waals surface area (Å²) in [6.07, 6.45) is 0.801. The number of aliphatic hydroxyl groups excluding tert-OH is 1. The van der Waals surface area contributed by atoms with Crippen LogP contribution in [0.3, 0.4) is 0 Å². The molecule has 0 saturated carbocycles. The van der Waals surface area contributed by atoms with E-state index >= 15 is 0 Å². The van der Waals surface area contributed by atoms with Crippen molar-refractivity contribution in [1.82, 2.24) is 19.8 Å². The van der Waals surface area contributed by atoms with Crippen molar-refractivity contribution >= 4 is 28.7 Å². The van der Waals surface area contributed by atoms with Crippen LogP contribution in [0.1, 0.15) is 44.8 Å². The molecule has 3 heterocycles. The van der Waals surface area contributed by atoms with Crippen molar-refractivity contribution in [3.63, 3.8) is 0 Å². The number of hydrogen-bond acceptors (Lipinski definition) is 6. The molecule has 6 rings (SSSR count). The lowest BCUT2D eigenvalue weighted by molar-refractivity contribution is 0.0547. The van der Waals surface area contributed by atoms with Gasteiger partial charge in [-0.2, -0.15) is 0 Å². The molecule has 2 amide bonds. The van der Waals surface area contributed by atoms with E-state index in [1.54, 1.807) is 9.80 Å². The molecule has 2 aliphatic heterocycles. The minimum Gasteiger partial charge on any atom is -0.393 e. The molecular formula is C29H27N5O3. The molecular weight excluding hydrogens is 466 g/mol. The highest BCUT2D eigenvalue weighted by molar-refractivity contribution is 6.07. The largest absolute Gasteiger partial charge is 0.393 e. The van der Waals surface area contributed by atoms with Gasteiger partial charge in [-0.05, 0) is 53.3 Å². The number of fused-ring (bicyclic) bond motifs is 2. The Bertz CT molecular complexity index is 1500. The van der Waals surface area contributed by atoms with E-state index in [0.717, 1.165) is 22.3 Å². The summed E-state index contributed by atoms with van der Waals surface area (Å²) in [5.74, 6) is -0.228. The van der Waals surface area contributed by atoms with Gasteiger partial charge in [0.1, 0.15) is 5.69 Å². The number of carbonyl (C=O) groups excluding carboxylic acids is 2. The summed E-state index contributed by atoms with van der Waals surface area (Å²) < 4.78 is 0. The maximum Gasteiger partial charge on any atom is 0.273 e. The third-order valence-corrected chi connectivity index (χ3v) is 7.26. The van der Waals surface area contributed by atoms with E-state index in [9.17, 15) is 14.7 Å². The second-order valence-electron chi connectivity index (χ2n) is 9.66. The predicted octanol–water partition coefficient (Wildman–Crippen LogP) is 3.63. The van der Waals surface area contributed by atoms with Crippen LogP contribution in [0, 0.1) is 0 Å². The normalized spacial score (nSPS) is 15.7. The highest BCUT2D eigenvalue weighted by atomic mass is 16.3. The molecule has 4 aromatic rings. The predicted molar refractivity (Wildman–Crippen MR) is 141 cm³/mol. The van der Waals surface area contributed by atoms with Gasteiger partial charge in [0.15, 0.2) is 0 Å². The Morgan fingerprint density at radius 1 is 0.838 bits per heavy atom. The van der Waals surface area contributed by atoms with E-state index in [-0.39, 0.29) is 29.6 Å². The number of rotatable bonds is 3. The van der Waals surface area contributed by atoms with Gasteiger partial charge in [-0.1, -0.05) is 48.5 Å². The summed E-state index contributed by atoms with van der Waals surface area (Å²) in [7, 11) is 0. The van der Waals surface area contributed by atoms with Gasteiger partial charge in [-0.15, -0.1) is 0 Å². The van der Waals surface area contributed by atoms with Gasteiger partial charge in [-0.25, -0.2) is 9.97 Å². The van der Waals surface area contributed by atoms with E-state index in [4.69, 9.17) is 5.73 Å². The van der Waals surface area contributed by atoms with Gasteiger partial charge in [0.05, 0.1) is 11.6 Å². The van der Waals surface area contributed by atoms with Crippen LogP contribution >= 0.6 is 0 Å². The SMILES string of the molecule is Nc1nc(C(=O)N2Cc3ccccc3C2)c2cc(-c3ccccc3C(=O)N3CCC(O)CC3)ccc2n1. The summed E-state index contributed by atoms with van der Waals surface area (Å²) >= 11 is 0. The molecule has 3 aromatic carbocycles. The highest BCUT2D eigenvalue weighted by Gasteiger charge is 2.28. The van der Waals surface area contributed by atoms with Crippen molar-refractivity contribution in [3.05, 3.63) is 89.1 Å². The maximum absolute atomic E-state index is 13.6. The molecule has 1 saturated heterocycles. The van der Waals surface area contributed by atoms with Crippen LogP contribution in [0.15, 0.2) is 66.7 Å².